The topological polar surface area (TPSA) is 103 Å². The molecule has 1 aromatic heterocycles. The van der Waals surface area contributed by atoms with Gasteiger partial charge in [0.1, 0.15) is 5.82 Å². The number of amides is 2. The van der Waals surface area contributed by atoms with Crippen LogP contribution in [0.15, 0.2) is 29.3 Å². The van der Waals surface area contributed by atoms with Crippen LogP contribution in [0.4, 0.5) is 22.2 Å². The van der Waals surface area contributed by atoms with E-state index in [2.05, 4.69) is 36.2 Å². The summed E-state index contributed by atoms with van der Waals surface area (Å²) in [6.07, 6.45) is 3.73. The summed E-state index contributed by atoms with van der Waals surface area (Å²) in [5.74, 6) is 0.968. The third kappa shape index (κ3) is 5.49. The van der Waals surface area contributed by atoms with Gasteiger partial charge in [0.05, 0.1) is 0 Å². The van der Waals surface area contributed by atoms with Gasteiger partial charge in [0, 0.05) is 36.8 Å². The number of carbonyl (C=O) groups excluding carboxylic acids is 1. The van der Waals surface area contributed by atoms with Crippen LogP contribution in [0.5, 0.6) is 0 Å². The normalized spacial score (nSPS) is 12.4. The van der Waals surface area contributed by atoms with Crippen molar-refractivity contribution in [2.75, 3.05) is 42.6 Å². The minimum atomic E-state index is -0.369. The van der Waals surface area contributed by atoms with Crippen LogP contribution < -0.4 is 21.3 Å². The van der Waals surface area contributed by atoms with Gasteiger partial charge in [-0.15, -0.1) is 0 Å². The molecular weight excluding hydrogens is 342 g/mol. The lowest BCUT2D eigenvalue weighted by atomic mass is 10.0. The third-order valence-electron chi connectivity index (χ3n) is 4.13. The van der Waals surface area contributed by atoms with Crippen molar-refractivity contribution >= 4 is 29.7 Å². The van der Waals surface area contributed by atoms with Gasteiger partial charge >= 0.3 is 6.03 Å². The Balaban J connectivity index is 1.60. The van der Waals surface area contributed by atoms with E-state index in [1.165, 1.54) is 5.56 Å². The molecule has 0 aliphatic carbocycles. The van der Waals surface area contributed by atoms with E-state index in [1.807, 2.05) is 44.5 Å². The molecular formula is C19H25N7O. The average molecular weight is 367 g/mol. The molecule has 0 saturated carbocycles. The van der Waals surface area contributed by atoms with E-state index in [1.54, 1.807) is 0 Å². The van der Waals surface area contributed by atoms with Crippen LogP contribution in [-0.2, 0) is 6.42 Å². The number of carbonyl (C=O) groups is 1. The van der Waals surface area contributed by atoms with Crippen molar-refractivity contribution in [3.63, 3.8) is 0 Å². The number of fused-ring (bicyclic) bond motifs is 1. The highest BCUT2D eigenvalue weighted by molar-refractivity contribution is 5.99. The van der Waals surface area contributed by atoms with Crippen molar-refractivity contribution in [1.29, 1.82) is 0 Å². The van der Waals surface area contributed by atoms with Crippen LogP contribution in [0.25, 0.3) is 0 Å². The summed E-state index contributed by atoms with van der Waals surface area (Å²) in [6.45, 7) is 4.37. The van der Waals surface area contributed by atoms with Gasteiger partial charge in [-0.1, -0.05) is 6.07 Å². The van der Waals surface area contributed by atoms with Gasteiger partial charge < -0.3 is 16.0 Å². The number of hydrogen-bond donors (Lipinski definition) is 4. The van der Waals surface area contributed by atoms with Gasteiger partial charge in [0.15, 0.2) is 0 Å². The van der Waals surface area contributed by atoms with Gasteiger partial charge in [-0.2, -0.15) is 4.98 Å². The summed E-state index contributed by atoms with van der Waals surface area (Å²) in [4.78, 5) is 25.2. The number of nitrogens with one attached hydrogen (secondary N) is 4. The van der Waals surface area contributed by atoms with Crippen molar-refractivity contribution in [2.45, 2.75) is 19.8 Å². The minimum absolute atomic E-state index is 0.272. The first-order valence-corrected chi connectivity index (χ1v) is 9.09. The highest BCUT2D eigenvalue weighted by Crippen LogP contribution is 2.18. The van der Waals surface area contributed by atoms with E-state index in [9.17, 15) is 4.79 Å². The Hall–Kier alpha value is -3.00. The Labute approximate surface area is 158 Å². The summed E-state index contributed by atoms with van der Waals surface area (Å²) < 4.78 is 0. The molecule has 0 unspecified atom stereocenters. The second-order valence-corrected chi connectivity index (χ2v) is 6.38. The predicted molar refractivity (Wildman–Crippen MR) is 109 cm³/mol. The van der Waals surface area contributed by atoms with Crippen LogP contribution in [0.1, 0.15) is 23.2 Å². The van der Waals surface area contributed by atoms with Gasteiger partial charge in [-0.05, 0) is 56.6 Å². The van der Waals surface area contributed by atoms with Gasteiger partial charge in [0.2, 0.25) is 5.95 Å². The van der Waals surface area contributed by atoms with Crippen LogP contribution >= 0.6 is 0 Å². The monoisotopic (exact) mass is 367 g/mol. The molecule has 142 valence electrons. The molecule has 27 heavy (non-hydrogen) atoms. The number of aryl methyl sites for hydroxylation is 1. The Kier molecular flexibility index (Phi) is 6.32. The van der Waals surface area contributed by atoms with Crippen molar-refractivity contribution in [1.82, 2.24) is 15.3 Å². The Morgan fingerprint density at radius 1 is 1.15 bits per heavy atom. The number of urea groups is 1. The number of rotatable bonds is 7. The molecule has 2 aromatic rings. The lowest BCUT2D eigenvalue weighted by Gasteiger charge is -2.13. The summed E-state index contributed by atoms with van der Waals surface area (Å²) in [7, 11) is 1.92. The maximum Gasteiger partial charge on any atom is 0.326 e. The molecule has 2 amide bonds. The van der Waals surface area contributed by atoms with Gasteiger partial charge in [-0.25, -0.2) is 9.78 Å². The molecule has 0 atom stereocenters. The molecule has 0 fully saturated rings. The number of benzene rings is 1. The molecule has 3 rings (SSSR count). The van der Waals surface area contributed by atoms with E-state index >= 15 is 0 Å². The molecule has 1 aliphatic heterocycles. The van der Waals surface area contributed by atoms with E-state index < -0.39 is 0 Å². The standard InChI is InChI=1S/C19H25N7O/c1-13-10-17(22-8-3-7-20-2)25-18(23-13)26-19(27)24-16-5-4-15-12-21-9-6-14(15)11-16/h4-5,10-12,20H,3,6-9H2,1-2H3,(H3,22,23,24,25,26,27). The molecule has 0 spiro atoms. The fraction of sp³-hybridized carbons (Fsp3) is 0.368. The van der Waals surface area contributed by atoms with Crippen molar-refractivity contribution in [3.05, 3.63) is 41.1 Å². The van der Waals surface area contributed by atoms with Crippen LogP contribution in [0, 0.1) is 6.92 Å². The summed E-state index contributed by atoms with van der Waals surface area (Å²) in [5, 5.41) is 11.9. The molecule has 4 N–H and O–H groups in total. The minimum Gasteiger partial charge on any atom is -0.370 e. The zero-order chi connectivity index (χ0) is 19.1. The lowest BCUT2D eigenvalue weighted by molar-refractivity contribution is 0.262. The zero-order valence-electron chi connectivity index (χ0n) is 15.7. The fourth-order valence-electron chi connectivity index (χ4n) is 2.83. The number of aromatic nitrogens is 2. The first-order chi connectivity index (χ1) is 13.1. The van der Waals surface area contributed by atoms with Crippen LogP contribution in [0.3, 0.4) is 0 Å². The smallest absolute Gasteiger partial charge is 0.326 e. The lowest BCUT2D eigenvalue weighted by Crippen LogP contribution is -2.22. The van der Waals surface area contributed by atoms with Crippen molar-refractivity contribution in [2.24, 2.45) is 4.99 Å². The maximum atomic E-state index is 12.3. The molecule has 1 aromatic carbocycles. The molecule has 0 saturated heterocycles. The van der Waals surface area contributed by atoms with E-state index in [0.29, 0.717) is 5.82 Å². The average Bonchev–Trinajstić information content (AvgIpc) is 2.64. The summed E-state index contributed by atoms with van der Waals surface area (Å²) in [5.41, 5.74) is 3.80. The molecule has 0 radical (unpaired) electrons. The zero-order valence-corrected chi connectivity index (χ0v) is 15.7. The van der Waals surface area contributed by atoms with E-state index in [4.69, 9.17) is 0 Å². The van der Waals surface area contributed by atoms with Crippen molar-refractivity contribution < 1.29 is 4.79 Å². The molecule has 0 bridgehead atoms. The predicted octanol–water partition coefficient (Wildman–Crippen LogP) is 2.43. The fourth-order valence-corrected chi connectivity index (χ4v) is 2.83. The SMILES string of the molecule is CNCCCNc1cc(C)nc(NC(=O)Nc2ccc3c(c2)CCN=C3)n1. The first kappa shape index (κ1) is 18.8. The van der Waals surface area contributed by atoms with Gasteiger partial charge in [-0.3, -0.25) is 10.3 Å². The molecule has 8 nitrogen and oxygen atoms in total. The van der Waals surface area contributed by atoms with E-state index in [-0.39, 0.29) is 12.0 Å². The number of aliphatic imine (C=N–C) groups is 1. The molecule has 1 aliphatic rings. The number of nitrogens with zero attached hydrogens (tertiary/aromatic N) is 3. The number of hydrogen-bond acceptors (Lipinski definition) is 6. The Morgan fingerprint density at radius 3 is 2.89 bits per heavy atom. The van der Waals surface area contributed by atoms with Gasteiger partial charge in [0.25, 0.3) is 0 Å². The van der Waals surface area contributed by atoms with Crippen molar-refractivity contribution in [3.8, 4) is 0 Å². The van der Waals surface area contributed by atoms with E-state index in [0.717, 1.165) is 49.4 Å². The quantitative estimate of drug-likeness (QED) is 0.563. The first-order valence-electron chi connectivity index (χ1n) is 9.09. The second-order valence-electron chi connectivity index (χ2n) is 6.38. The summed E-state index contributed by atoms with van der Waals surface area (Å²) in [6, 6.07) is 7.29. The molecule has 2 heterocycles. The number of anilines is 3. The molecule has 8 heteroatoms. The second kappa shape index (κ2) is 9.09. The van der Waals surface area contributed by atoms with Crippen LogP contribution in [0.2, 0.25) is 0 Å². The largest absolute Gasteiger partial charge is 0.370 e. The summed E-state index contributed by atoms with van der Waals surface area (Å²) >= 11 is 0. The van der Waals surface area contributed by atoms with Crippen LogP contribution in [-0.4, -0.2) is 48.9 Å². The third-order valence-corrected chi connectivity index (χ3v) is 4.13. The Morgan fingerprint density at radius 2 is 2.04 bits per heavy atom. The highest BCUT2D eigenvalue weighted by Gasteiger charge is 2.10. The highest BCUT2D eigenvalue weighted by atomic mass is 16.2. The maximum absolute atomic E-state index is 12.3. The Bertz CT molecular complexity index is 835.